The summed E-state index contributed by atoms with van der Waals surface area (Å²) in [7, 11) is 3.69. The monoisotopic (exact) mass is 247 g/mol. The van der Waals surface area contributed by atoms with E-state index in [0.29, 0.717) is 6.54 Å². The SMILES string of the molecule is CN(Cc1ccc2c(c1)ncn2C)C(=O)CCO. The molecule has 0 unspecified atom stereocenters. The van der Waals surface area contributed by atoms with E-state index in [-0.39, 0.29) is 18.9 Å². The van der Waals surface area contributed by atoms with E-state index in [1.54, 1.807) is 18.3 Å². The molecular weight excluding hydrogens is 230 g/mol. The maximum atomic E-state index is 11.6. The highest BCUT2D eigenvalue weighted by Gasteiger charge is 2.09. The predicted octanol–water partition coefficient (Wildman–Crippen LogP) is 0.914. The number of aromatic nitrogens is 2. The van der Waals surface area contributed by atoms with Gasteiger partial charge in [0.05, 0.1) is 24.0 Å². The molecule has 2 rings (SSSR count). The molecule has 1 heterocycles. The molecule has 1 aromatic carbocycles. The van der Waals surface area contributed by atoms with Crippen molar-refractivity contribution in [3.8, 4) is 0 Å². The number of benzene rings is 1. The van der Waals surface area contributed by atoms with Gasteiger partial charge in [0.25, 0.3) is 0 Å². The summed E-state index contributed by atoms with van der Waals surface area (Å²) in [6.45, 7) is 0.424. The molecule has 2 aromatic rings. The molecule has 5 nitrogen and oxygen atoms in total. The highest BCUT2D eigenvalue weighted by molar-refractivity contribution is 5.77. The van der Waals surface area contributed by atoms with E-state index >= 15 is 0 Å². The lowest BCUT2D eigenvalue weighted by Gasteiger charge is -2.16. The summed E-state index contributed by atoms with van der Waals surface area (Å²) in [5, 5.41) is 8.74. The van der Waals surface area contributed by atoms with E-state index in [2.05, 4.69) is 4.98 Å². The zero-order chi connectivity index (χ0) is 13.1. The number of hydrogen-bond donors (Lipinski definition) is 1. The summed E-state index contributed by atoms with van der Waals surface area (Å²) in [5.41, 5.74) is 3.04. The van der Waals surface area contributed by atoms with Crippen molar-refractivity contribution < 1.29 is 9.90 Å². The molecule has 1 N–H and O–H groups in total. The molecule has 96 valence electrons. The van der Waals surface area contributed by atoms with Gasteiger partial charge >= 0.3 is 0 Å². The van der Waals surface area contributed by atoms with Crippen molar-refractivity contribution in [1.82, 2.24) is 14.5 Å². The lowest BCUT2D eigenvalue weighted by atomic mass is 10.2. The minimum Gasteiger partial charge on any atom is -0.396 e. The number of carbonyl (C=O) groups excluding carboxylic acids is 1. The Bertz CT molecular complexity index is 562. The van der Waals surface area contributed by atoms with Crippen LogP contribution in [0.4, 0.5) is 0 Å². The average Bonchev–Trinajstić information content (AvgIpc) is 2.71. The number of rotatable bonds is 4. The Morgan fingerprint density at radius 3 is 3.00 bits per heavy atom. The first-order valence-corrected chi connectivity index (χ1v) is 5.86. The predicted molar refractivity (Wildman–Crippen MR) is 68.9 cm³/mol. The van der Waals surface area contributed by atoms with E-state index in [0.717, 1.165) is 16.6 Å². The Balaban J connectivity index is 2.14. The van der Waals surface area contributed by atoms with Crippen molar-refractivity contribution >= 4 is 16.9 Å². The van der Waals surface area contributed by atoms with E-state index in [1.807, 2.05) is 29.8 Å². The summed E-state index contributed by atoms with van der Waals surface area (Å²) in [6.07, 6.45) is 1.94. The van der Waals surface area contributed by atoms with Gasteiger partial charge in [-0.3, -0.25) is 4.79 Å². The molecule has 0 aliphatic heterocycles. The second-order valence-electron chi connectivity index (χ2n) is 4.40. The topological polar surface area (TPSA) is 58.4 Å². The van der Waals surface area contributed by atoms with Gasteiger partial charge in [0.1, 0.15) is 0 Å². The first-order valence-electron chi connectivity index (χ1n) is 5.86. The minimum atomic E-state index is -0.109. The average molecular weight is 247 g/mol. The quantitative estimate of drug-likeness (QED) is 0.873. The van der Waals surface area contributed by atoms with Crippen LogP contribution in [0.15, 0.2) is 24.5 Å². The van der Waals surface area contributed by atoms with Crippen LogP contribution < -0.4 is 0 Å². The zero-order valence-electron chi connectivity index (χ0n) is 10.6. The van der Waals surface area contributed by atoms with Crippen LogP contribution in [-0.2, 0) is 18.4 Å². The molecule has 0 spiro atoms. The third-order valence-corrected chi connectivity index (χ3v) is 2.96. The molecular formula is C13H17N3O2. The van der Waals surface area contributed by atoms with Gasteiger partial charge in [-0.1, -0.05) is 6.07 Å². The molecule has 0 aliphatic rings. The lowest BCUT2D eigenvalue weighted by Crippen LogP contribution is -2.26. The van der Waals surface area contributed by atoms with Gasteiger partial charge in [0.2, 0.25) is 5.91 Å². The molecule has 1 amide bonds. The van der Waals surface area contributed by atoms with E-state index < -0.39 is 0 Å². The normalized spacial score (nSPS) is 10.8. The molecule has 5 heteroatoms. The van der Waals surface area contributed by atoms with Gasteiger partial charge in [-0.25, -0.2) is 4.98 Å². The highest BCUT2D eigenvalue weighted by Crippen LogP contribution is 2.15. The number of hydrogen-bond acceptors (Lipinski definition) is 3. The second kappa shape index (κ2) is 5.18. The molecule has 0 saturated carbocycles. The van der Waals surface area contributed by atoms with Crippen LogP contribution in [0.2, 0.25) is 0 Å². The van der Waals surface area contributed by atoms with Crippen LogP contribution in [0.25, 0.3) is 11.0 Å². The van der Waals surface area contributed by atoms with Crippen LogP contribution in [-0.4, -0.2) is 39.1 Å². The Hall–Kier alpha value is -1.88. The third kappa shape index (κ3) is 2.51. The molecule has 0 bridgehead atoms. The van der Waals surface area contributed by atoms with Crippen molar-refractivity contribution in [1.29, 1.82) is 0 Å². The maximum Gasteiger partial charge on any atom is 0.224 e. The summed E-state index contributed by atoms with van der Waals surface area (Å²) in [6, 6.07) is 5.98. The van der Waals surface area contributed by atoms with Gasteiger partial charge < -0.3 is 14.6 Å². The van der Waals surface area contributed by atoms with Crippen LogP contribution in [0.1, 0.15) is 12.0 Å². The summed E-state index contributed by atoms with van der Waals surface area (Å²) < 4.78 is 1.96. The number of aliphatic hydroxyl groups excluding tert-OH is 1. The van der Waals surface area contributed by atoms with Gasteiger partial charge in [-0.2, -0.15) is 0 Å². The number of nitrogens with zero attached hydrogens (tertiary/aromatic N) is 3. The number of fused-ring (bicyclic) bond motifs is 1. The largest absolute Gasteiger partial charge is 0.396 e. The van der Waals surface area contributed by atoms with Crippen LogP contribution in [0.5, 0.6) is 0 Å². The van der Waals surface area contributed by atoms with Gasteiger partial charge in [-0.15, -0.1) is 0 Å². The molecule has 18 heavy (non-hydrogen) atoms. The van der Waals surface area contributed by atoms with Crippen molar-refractivity contribution in [3.63, 3.8) is 0 Å². The lowest BCUT2D eigenvalue weighted by molar-refractivity contribution is -0.131. The van der Waals surface area contributed by atoms with Crippen molar-refractivity contribution in [2.75, 3.05) is 13.7 Å². The minimum absolute atomic E-state index is 0.0568. The smallest absolute Gasteiger partial charge is 0.224 e. The van der Waals surface area contributed by atoms with Crippen molar-refractivity contribution in [2.45, 2.75) is 13.0 Å². The molecule has 0 aliphatic carbocycles. The Labute approximate surface area is 106 Å². The number of carbonyl (C=O) groups is 1. The van der Waals surface area contributed by atoms with E-state index in [4.69, 9.17) is 5.11 Å². The Morgan fingerprint density at radius 2 is 2.28 bits per heavy atom. The second-order valence-corrected chi connectivity index (χ2v) is 4.40. The fraction of sp³-hybridized carbons (Fsp3) is 0.385. The first-order chi connectivity index (χ1) is 8.61. The fourth-order valence-electron chi connectivity index (χ4n) is 1.93. The maximum absolute atomic E-state index is 11.6. The van der Waals surface area contributed by atoms with Gasteiger partial charge in [0.15, 0.2) is 0 Å². The summed E-state index contributed by atoms with van der Waals surface area (Å²) in [4.78, 5) is 17.5. The Morgan fingerprint density at radius 1 is 1.50 bits per heavy atom. The molecule has 0 atom stereocenters. The van der Waals surface area contributed by atoms with Crippen molar-refractivity contribution in [2.24, 2.45) is 7.05 Å². The van der Waals surface area contributed by atoms with E-state index in [9.17, 15) is 4.79 Å². The summed E-state index contributed by atoms with van der Waals surface area (Å²) >= 11 is 0. The highest BCUT2D eigenvalue weighted by atomic mass is 16.3. The number of aryl methyl sites for hydroxylation is 1. The number of aliphatic hydroxyl groups is 1. The summed E-state index contributed by atoms with van der Waals surface area (Å²) in [5.74, 6) is -0.0568. The van der Waals surface area contributed by atoms with Crippen molar-refractivity contribution in [3.05, 3.63) is 30.1 Å². The third-order valence-electron chi connectivity index (χ3n) is 2.96. The Kier molecular flexibility index (Phi) is 3.62. The van der Waals surface area contributed by atoms with E-state index in [1.165, 1.54) is 0 Å². The number of imidazole rings is 1. The molecule has 0 radical (unpaired) electrons. The number of amides is 1. The van der Waals surface area contributed by atoms with Gasteiger partial charge in [0, 0.05) is 27.1 Å². The first kappa shape index (κ1) is 12.6. The zero-order valence-corrected chi connectivity index (χ0v) is 10.6. The fourth-order valence-corrected chi connectivity index (χ4v) is 1.93. The standard InChI is InChI=1S/C13H17N3O2/c1-15(13(18)5-6-17)8-10-3-4-12-11(7-10)14-9-16(12)2/h3-4,7,9,17H,5-6,8H2,1-2H3. The molecule has 1 aromatic heterocycles. The molecule has 0 saturated heterocycles. The van der Waals surface area contributed by atoms with Crippen LogP contribution in [0, 0.1) is 0 Å². The van der Waals surface area contributed by atoms with Crippen LogP contribution in [0.3, 0.4) is 0 Å². The molecule has 0 fully saturated rings. The van der Waals surface area contributed by atoms with Crippen LogP contribution >= 0.6 is 0 Å². The van der Waals surface area contributed by atoms with Gasteiger partial charge in [-0.05, 0) is 17.7 Å².